The van der Waals surface area contributed by atoms with E-state index in [0.717, 1.165) is 44.7 Å². The summed E-state index contributed by atoms with van der Waals surface area (Å²) in [5.41, 5.74) is 14.0. The molecule has 1 aliphatic carbocycles. The number of para-hydroxylation sites is 2. The van der Waals surface area contributed by atoms with Gasteiger partial charge in [0, 0.05) is 22.3 Å². The fraction of sp³-hybridized carbons (Fsp3) is 0.0196. The minimum atomic E-state index is -0.627. The van der Waals surface area contributed by atoms with Gasteiger partial charge in [-0.1, -0.05) is 158 Å². The normalized spacial score (nSPS) is 14.9. The molecule has 1 atom stereocenters. The second-order valence-electron chi connectivity index (χ2n) is 14.6. The third-order valence-electron chi connectivity index (χ3n) is 11.6. The summed E-state index contributed by atoms with van der Waals surface area (Å²) in [7, 11) is 0. The first kappa shape index (κ1) is 30.9. The summed E-state index contributed by atoms with van der Waals surface area (Å²) in [6, 6.07) is 66.6. The van der Waals surface area contributed by atoms with Gasteiger partial charge in [-0.3, -0.25) is 4.57 Å². The van der Waals surface area contributed by atoms with Crippen molar-refractivity contribution in [1.29, 1.82) is 0 Å². The van der Waals surface area contributed by atoms with Crippen LogP contribution in [-0.4, -0.2) is 24.5 Å². The maximum atomic E-state index is 5.51. The topological polar surface area (TPSA) is 56.5 Å². The Hall–Kier alpha value is -7.50. The minimum Gasteiger partial charge on any atom is -0.295 e. The summed E-state index contributed by atoms with van der Waals surface area (Å²) in [6.07, 6.45) is 0. The van der Waals surface area contributed by atoms with Gasteiger partial charge in [0.1, 0.15) is 11.2 Å². The lowest BCUT2D eigenvalue weighted by molar-refractivity contribution is 0.743. The van der Waals surface area contributed by atoms with Crippen LogP contribution < -0.4 is 0 Å². The molecule has 10 aromatic rings. The number of fused-ring (bicyclic) bond motifs is 14. The van der Waals surface area contributed by atoms with Crippen LogP contribution in [0, 0.1) is 0 Å². The molecule has 56 heavy (non-hydrogen) atoms. The zero-order valence-corrected chi connectivity index (χ0v) is 30.1. The zero-order valence-electron chi connectivity index (χ0n) is 30.1. The highest BCUT2D eigenvalue weighted by atomic mass is 15.1. The third kappa shape index (κ3) is 4.31. The number of nitrogens with zero attached hydrogens (tertiary/aromatic N) is 5. The molecule has 2 aromatic heterocycles. The maximum Gasteiger partial charge on any atom is 0.164 e. The van der Waals surface area contributed by atoms with Crippen molar-refractivity contribution in [2.45, 2.75) is 5.41 Å². The van der Waals surface area contributed by atoms with Gasteiger partial charge >= 0.3 is 0 Å². The molecule has 1 unspecified atom stereocenters. The molecule has 5 heteroatoms. The van der Waals surface area contributed by atoms with Crippen molar-refractivity contribution < 1.29 is 0 Å². The molecular formula is C51H31N5. The van der Waals surface area contributed by atoms with E-state index in [1.807, 2.05) is 60.7 Å². The van der Waals surface area contributed by atoms with Crippen molar-refractivity contribution in [3.63, 3.8) is 0 Å². The molecule has 0 radical (unpaired) electrons. The van der Waals surface area contributed by atoms with Crippen LogP contribution in [0.15, 0.2) is 188 Å². The van der Waals surface area contributed by atoms with E-state index in [9.17, 15) is 0 Å². The van der Waals surface area contributed by atoms with Crippen LogP contribution in [0.5, 0.6) is 0 Å². The summed E-state index contributed by atoms with van der Waals surface area (Å²) in [6.45, 7) is 0. The van der Waals surface area contributed by atoms with Crippen LogP contribution in [0.1, 0.15) is 22.5 Å². The zero-order chi connectivity index (χ0) is 36.8. The van der Waals surface area contributed by atoms with Crippen molar-refractivity contribution in [3.8, 4) is 62.1 Å². The Morgan fingerprint density at radius 3 is 1.80 bits per heavy atom. The van der Waals surface area contributed by atoms with Crippen LogP contribution >= 0.6 is 0 Å². The molecule has 5 nitrogen and oxygen atoms in total. The van der Waals surface area contributed by atoms with Crippen molar-refractivity contribution in [2.75, 3.05) is 0 Å². The number of benzene rings is 8. The molecule has 0 amide bonds. The molecule has 260 valence electrons. The average Bonchev–Trinajstić information content (AvgIpc) is 3.90. The highest BCUT2D eigenvalue weighted by Crippen LogP contribution is 2.62. The Kier molecular flexibility index (Phi) is 6.48. The number of hydrogen-bond acceptors (Lipinski definition) is 4. The maximum absolute atomic E-state index is 5.51. The molecule has 2 aliphatic rings. The van der Waals surface area contributed by atoms with Gasteiger partial charge in [0.05, 0.1) is 16.7 Å². The average molecular weight is 714 g/mol. The SMILES string of the molecule is c1ccc(-c2nc(-c3ccccc3)nc(-c3cccc(-c4ccc5c(c4)C4(c6ccccc6-5)c5c(ccc6ccccc56)-n5c4nc4ccccc45)c3)n2)cc1. The lowest BCUT2D eigenvalue weighted by Crippen LogP contribution is -2.27. The van der Waals surface area contributed by atoms with Crippen molar-refractivity contribution in [2.24, 2.45) is 0 Å². The van der Waals surface area contributed by atoms with Crippen LogP contribution in [0.3, 0.4) is 0 Å². The smallest absolute Gasteiger partial charge is 0.164 e. The number of imidazole rings is 1. The molecule has 1 aliphatic heterocycles. The minimum absolute atomic E-state index is 0.627. The molecule has 0 bridgehead atoms. The molecule has 3 heterocycles. The van der Waals surface area contributed by atoms with Crippen LogP contribution in [-0.2, 0) is 5.41 Å². The monoisotopic (exact) mass is 713 g/mol. The van der Waals surface area contributed by atoms with E-state index in [1.165, 1.54) is 44.3 Å². The quantitative estimate of drug-likeness (QED) is 0.182. The van der Waals surface area contributed by atoms with E-state index >= 15 is 0 Å². The number of rotatable bonds is 4. The van der Waals surface area contributed by atoms with Crippen LogP contribution in [0.25, 0.3) is 83.9 Å². The lowest BCUT2D eigenvalue weighted by Gasteiger charge is -2.29. The molecular weight excluding hydrogens is 683 g/mol. The molecule has 1 spiro atoms. The largest absolute Gasteiger partial charge is 0.295 e. The summed E-state index contributed by atoms with van der Waals surface area (Å²) >= 11 is 0. The molecule has 0 N–H and O–H groups in total. The van der Waals surface area contributed by atoms with Gasteiger partial charge < -0.3 is 0 Å². The van der Waals surface area contributed by atoms with Crippen LogP contribution in [0.2, 0.25) is 0 Å². The first-order chi connectivity index (χ1) is 27.8. The fourth-order valence-electron chi connectivity index (χ4n) is 9.22. The predicted molar refractivity (Wildman–Crippen MR) is 225 cm³/mol. The van der Waals surface area contributed by atoms with Gasteiger partial charge in [0.15, 0.2) is 17.5 Å². The number of aromatic nitrogens is 5. The van der Waals surface area contributed by atoms with Crippen molar-refractivity contribution in [3.05, 3.63) is 211 Å². The van der Waals surface area contributed by atoms with E-state index in [-0.39, 0.29) is 0 Å². The van der Waals surface area contributed by atoms with E-state index in [1.54, 1.807) is 0 Å². The van der Waals surface area contributed by atoms with E-state index in [0.29, 0.717) is 17.5 Å². The highest BCUT2D eigenvalue weighted by molar-refractivity contribution is 6.00. The third-order valence-corrected chi connectivity index (χ3v) is 11.6. The van der Waals surface area contributed by atoms with Crippen LogP contribution in [0.4, 0.5) is 0 Å². The predicted octanol–water partition coefficient (Wildman–Crippen LogP) is 11.7. The molecule has 0 fully saturated rings. The van der Waals surface area contributed by atoms with Gasteiger partial charge in [-0.05, 0) is 74.5 Å². The Morgan fingerprint density at radius 1 is 0.393 bits per heavy atom. The Bertz CT molecular complexity index is 3150. The lowest BCUT2D eigenvalue weighted by atomic mass is 9.71. The Labute approximate surface area is 323 Å². The van der Waals surface area contributed by atoms with Gasteiger partial charge in [0.2, 0.25) is 0 Å². The van der Waals surface area contributed by atoms with E-state index in [4.69, 9.17) is 19.9 Å². The van der Waals surface area contributed by atoms with Gasteiger partial charge in [-0.2, -0.15) is 0 Å². The van der Waals surface area contributed by atoms with E-state index < -0.39 is 5.41 Å². The standard InChI is InChI=1S/C51H31N5/c1-3-15-33(16-4-1)47-53-48(34-17-5-2-6-18-34)55-49(54-47)37-20-13-19-35(30-37)36-26-28-40-39-22-9-10-23-41(39)51(42(40)31-36)46-38-21-8-7-14-32(38)27-29-45(46)56-44-25-12-11-24-43(44)52-50(51)56/h1-31H. The van der Waals surface area contributed by atoms with Crippen molar-refractivity contribution >= 4 is 21.8 Å². The summed E-state index contributed by atoms with van der Waals surface area (Å²) in [4.78, 5) is 20.5. The summed E-state index contributed by atoms with van der Waals surface area (Å²) < 4.78 is 2.41. The fourth-order valence-corrected chi connectivity index (χ4v) is 9.22. The molecule has 0 saturated heterocycles. The molecule has 12 rings (SSSR count). The van der Waals surface area contributed by atoms with Crippen molar-refractivity contribution in [1.82, 2.24) is 24.5 Å². The first-order valence-corrected chi connectivity index (χ1v) is 19.0. The Morgan fingerprint density at radius 2 is 1.00 bits per heavy atom. The van der Waals surface area contributed by atoms with E-state index in [2.05, 4.69) is 132 Å². The molecule has 8 aromatic carbocycles. The molecule has 0 saturated carbocycles. The summed E-state index contributed by atoms with van der Waals surface area (Å²) in [5, 5.41) is 2.46. The second-order valence-corrected chi connectivity index (χ2v) is 14.6. The summed E-state index contributed by atoms with van der Waals surface area (Å²) in [5.74, 6) is 2.96. The Balaban J connectivity index is 1.09. The number of hydrogen-bond donors (Lipinski definition) is 0. The van der Waals surface area contributed by atoms with Gasteiger partial charge in [-0.15, -0.1) is 0 Å². The highest BCUT2D eigenvalue weighted by Gasteiger charge is 2.55. The first-order valence-electron chi connectivity index (χ1n) is 19.0. The second kappa shape index (κ2) is 11.7. The van der Waals surface area contributed by atoms with Gasteiger partial charge in [0.25, 0.3) is 0 Å². The van der Waals surface area contributed by atoms with Gasteiger partial charge in [-0.25, -0.2) is 19.9 Å².